The van der Waals surface area contributed by atoms with Gasteiger partial charge in [0.25, 0.3) is 0 Å². The molecular formula is C23H32N2O4. The number of hydrogen-bond donors (Lipinski definition) is 1. The van der Waals surface area contributed by atoms with Crippen LogP contribution in [0.25, 0.3) is 0 Å². The third-order valence-corrected chi connectivity index (χ3v) is 6.46. The molecule has 0 aromatic heterocycles. The quantitative estimate of drug-likeness (QED) is 0.804. The molecule has 158 valence electrons. The minimum atomic E-state index is -0.461. The largest absolute Gasteiger partial charge is 0.445 e. The summed E-state index contributed by atoms with van der Waals surface area (Å²) in [6.07, 6.45) is 5.58. The van der Waals surface area contributed by atoms with Gasteiger partial charge in [-0.1, -0.05) is 30.3 Å². The lowest BCUT2D eigenvalue weighted by Crippen LogP contribution is -2.59. The van der Waals surface area contributed by atoms with E-state index in [-0.39, 0.29) is 35.7 Å². The van der Waals surface area contributed by atoms with E-state index >= 15 is 0 Å². The molecular weight excluding hydrogens is 368 g/mol. The molecule has 3 aliphatic rings. The molecule has 6 heteroatoms. The summed E-state index contributed by atoms with van der Waals surface area (Å²) in [4.78, 5) is 26.7. The lowest BCUT2D eigenvalue weighted by molar-refractivity contribution is -0.0436. The van der Waals surface area contributed by atoms with Gasteiger partial charge in [-0.05, 0) is 70.3 Å². The molecule has 1 N–H and O–H groups in total. The smallest absolute Gasteiger partial charge is 0.410 e. The predicted molar refractivity (Wildman–Crippen MR) is 109 cm³/mol. The van der Waals surface area contributed by atoms with Crippen molar-refractivity contribution in [3.05, 3.63) is 35.9 Å². The summed E-state index contributed by atoms with van der Waals surface area (Å²) >= 11 is 0. The van der Waals surface area contributed by atoms with Crippen molar-refractivity contribution < 1.29 is 19.1 Å². The van der Waals surface area contributed by atoms with Crippen LogP contribution >= 0.6 is 0 Å². The van der Waals surface area contributed by atoms with Crippen molar-refractivity contribution in [1.82, 2.24) is 10.2 Å². The number of hydrogen-bond acceptors (Lipinski definition) is 4. The van der Waals surface area contributed by atoms with Crippen molar-refractivity contribution in [1.29, 1.82) is 0 Å². The SMILES string of the molecule is CC(C)(C)OC(=O)N1[C@@H]2CC[C@H]1CC1(CC(NC(=O)OCc3ccccc3)C1)C2. The lowest BCUT2D eigenvalue weighted by atomic mass is 9.58. The number of fused-ring (bicyclic) bond motifs is 2. The molecule has 1 aromatic carbocycles. The van der Waals surface area contributed by atoms with Gasteiger partial charge in [0.05, 0.1) is 0 Å². The van der Waals surface area contributed by atoms with Crippen molar-refractivity contribution in [2.24, 2.45) is 5.41 Å². The van der Waals surface area contributed by atoms with E-state index in [1.807, 2.05) is 56.0 Å². The maximum atomic E-state index is 12.6. The van der Waals surface area contributed by atoms with Gasteiger partial charge in [0.2, 0.25) is 0 Å². The molecule has 2 bridgehead atoms. The van der Waals surface area contributed by atoms with E-state index < -0.39 is 5.60 Å². The molecule has 2 heterocycles. The van der Waals surface area contributed by atoms with E-state index in [4.69, 9.17) is 9.47 Å². The fourth-order valence-corrected chi connectivity index (χ4v) is 5.41. The average molecular weight is 401 g/mol. The van der Waals surface area contributed by atoms with Crippen LogP contribution in [0.4, 0.5) is 9.59 Å². The van der Waals surface area contributed by atoms with Crippen molar-refractivity contribution >= 4 is 12.2 Å². The highest BCUT2D eigenvalue weighted by Gasteiger charge is 2.56. The average Bonchev–Trinajstić information content (AvgIpc) is 2.90. The number of carbonyl (C=O) groups excluding carboxylic acids is 2. The van der Waals surface area contributed by atoms with Gasteiger partial charge >= 0.3 is 12.2 Å². The molecule has 1 saturated carbocycles. The Morgan fingerprint density at radius 2 is 1.69 bits per heavy atom. The minimum absolute atomic E-state index is 0.168. The maximum Gasteiger partial charge on any atom is 0.410 e. The van der Waals surface area contributed by atoms with Gasteiger partial charge in [0.15, 0.2) is 0 Å². The van der Waals surface area contributed by atoms with E-state index in [9.17, 15) is 9.59 Å². The second kappa shape index (κ2) is 7.54. The second-order valence-electron chi connectivity index (χ2n) is 9.99. The molecule has 0 unspecified atom stereocenters. The molecule has 1 aromatic rings. The number of piperidine rings is 1. The van der Waals surface area contributed by atoms with Crippen LogP contribution < -0.4 is 5.32 Å². The number of ether oxygens (including phenoxy) is 2. The van der Waals surface area contributed by atoms with E-state index in [1.165, 1.54) is 0 Å². The Hall–Kier alpha value is -2.24. The van der Waals surface area contributed by atoms with Crippen molar-refractivity contribution in [3.8, 4) is 0 Å². The number of carbonyl (C=O) groups is 2. The van der Waals surface area contributed by atoms with E-state index in [1.54, 1.807) is 0 Å². The summed E-state index contributed by atoms with van der Waals surface area (Å²) in [5.74, 6) is 0. The molecule has 2 aliphatic heterocycles. The zero-order chi connectivity index (χ0) is 20.6. The molecule has 29 heavy (non-hydrogen) atoms. The van der Waals surface area contributed by atoms with Crippen molar-refractivity contribution in [2.75, 3.05) is 0 Å². The normalized spacial score (nSPS) is 30.6. The van der Waals surface area contributed by atoms with Crippen molar-refractivity contribution in [2.45, 2.75) is 89.6 Å². The molecule has 2 saturated heterocycles. The fraction of sp³-hybridized carbons (Fsp3) is 0.652. The van der Waals surface area contributed by atoms with E-state index in [0.29, 0.717) is 6.61 Å². The first-order valence-corrected chi connectivity index (χ1v) is 10.7. The van der Waals surface area contributed by atoms with Gasteiger partial charge in [-0.3, -0.25) is 0 Å². The number of nitrogens with one attached hydrogen (secondary N) is 1. The van der Waals surface area contributed by atoms with Crippen molar-refractivity contribution in [3.63, 3.8) is 0 Å². The zero-order valence-corrected chi connectivity index (χ0v) is 17.6. The monoisotopic (exact) mass is 400 g/mol. The summed E-state index contributed by atoms with van der Waals surface area (Å²) in [6, 6.07) is 10.4. The summed E-state index contributed by atoms with van der Waals surface area (Å²) < 4.78 is 11.0. The van der Waals surface area contributed by atoms with Gasteiger partial charge in [0.1, 0.15) is 12.2 Å². The van der Waals surface area contributed by atoms with Crippen LogP contribution in [0.3, 0.4) is 0 Å². The first-order valence-electron chi connectivity index (χ1n) is 10.7. The molecule has 4 rings (SSSR count). The van der Waals surface area contributed by atoms with Crippen LogP contribution in [0.15, 0.2) is 30.3 Å². The number of nitrogens with zero attached hydrogens (tertiary/aromatic N) is 1. The summed E-state index contributed by atoms with van der Waals surface area (Å²) in [6.45, 7) is 6.03. The molecule has 2 amide bonds. The number of rotatable bonds is 3. The van der Waals surface area contributed by atoms with Gasteiger partial charge < -0.3 is 19.7 Å². The third kappa shape index (κ3) is 4.51. The highest BCUT2D eigenvalue weighted by Crippen LogP contribution is 2.56. The highest BCUT2D eigenvalue weighted by atomic mass is 16.6. The first-order chi connectivity index (χ1) is 13.7. The predicted octanol–water partition coefficient (Wildman–Crippen LogP) is 4.62. The highest BCUT2D eigenvalue weighted by molar-refractivity contribution is 5.70. The molecule has 6 nitrogen and oxygen atoms in total. The number of amides is 2. The van der Waals surface area contributed by atoms with Gasteiger partial charge in [-0.15, -0.1) is 0 Å². The molecule has 1 aliphatic carbocycles. The Balaban J connectivity index is 1.25. The van der Waals surface area contributed by atoms with Crippen LogP contribution in [-0.2, 0) is 16.1 Å². The number of alkyl carbamates (subject to hydrolysis) is 1. The standard InChI is InChI=1S/C23H32N2O4/c1-22(2,3)29-21(27)25-18-9-10-19(25)14-23(13-18)11-17(12-23)24-20(26)28-15-16-7-5-4-6-8-16/h4-8,17-19H,9-15H2,1-3H3,(H,24,26)/t17?,18-,19+,23?. The van der Waals surface area contributed by atoms with Crippen LogP contribution in [-0.4, -0.2) is 40.8 Å². The Morgan fingerprint density at radius 3 is 2.28 bits per heavy atom. The second-order valence-corrected chi connectivity index (χ2v) is 9.99. The third-order valence-electron chi connectivity index (χ3n) is 6.46. The first kappa shape index (κ1) is 20.0. The Labute approximate surface area is 172 Å². The number of benzene rings is 1. The Morgan fingerprint density at radius 1 is 1.07 bits per heavy atom. The van der Waals surface area contributed by atoms with Crippen LogP contribution in [0.5, 0.6) is 0 Å². The van der Waals surface area contributed by atoms with E-state index in [2.05, 4.69) is 5.32 Å². The maximum absolute atomic E-state index is 12.6. The molecule has 0 radical (unpaired) electrons. The lowest BCUT2D eigenvalue weighted by Gasteiger charge is -2.54. The van der Waals surface area contributed by atoms with Gasteiger partial charge in [-0.25, -0.2) is 9.59 Å². The van der Waals surface area contributed by atoms with Gasteiger partial charge in [0, 0.05) is 18.1 Å². The topological polar surface area (TPSA) is 67.9 Å². The van der Waals surface area contributed by atoms with Gasteiger partial charge in [-0.2, -0.15) is 0 Å². The molecule has 2 atom stereocenters. The van der Waals surface area contributed by atoms with E-state index in [0.717, 1.165) is 44.1 Å². The summed E-state index contributed by atoms with van der Waals surface area (Å²) in [5.41, 5.74) is 0.776. The fourth-order valence-electron chi connectivity index (χ4n) is 5.41. The summed E-state index contributed by atoms with van der Waals surface area (Å²) in [7, 11) is 0. The van der Waals surface area contributed by atoms with Crippen LogP contribution in [0, 0.1) is 5.41 Å². The van der Waals surface area contributed by atoms with Crippen LogP contribution in [0.2, 0.25) is 0 Å². The summed E-state index contributed by atoms with van der Waals surface area (Å²) in [5, 5.41) is 3.01. The Kier molecular flexibility index (Phi) is 5.21. The molecule has 3 fully saturated rings. The minimum Gasteiger partial charge on any atom is -0.445 e. The van der Waals surface area contributed by atoms with Crippen LogP contribution in [0.1, 0.15) is 64.9 Å². The molecule has 1 spiro atoms. The Bertz CT molecular complexity index is 736. The zero-order valence-electron chi connectivity index (χ0n) is 17.6.